The second-order valence-corrected chi connectivity index (χ2v) is 5.50. The van der Waals surface area contributed by atoms with Crippen LogP contribution in [0.15, 0.2) is 35.8 Å². The summed E-state index contributed by atoms with van der Waals surface area (Å²) in [5, 5.41) is 11.6. The lowest BCUT2D eigenvalue weighted by Crippen LogP contribution is -2.00. The van der Waals surface area contributed by atoms with Crippen LogP contribution in [0.5, 0.6) is 0 Å². The van der Waals surface area contributed by atoms with Crippen molar-refractivity contribution < 1.29 is 0 Å². The van der Waals surface area contributed by atoms with Crippen molar-refractivity contribution in [3.63, 3.8) is 0 Å². The van der Waals surface area contributed by atoms with E-state index in [9.17, 15) is 0 Å². The SMILES string of the molecule is NCc1cn(Cc2csc(-c3ccccc3Cl)n2)nn1. The monoisotopic (exact) mass is 305 g/mol. The summed E-state index contributed by atoms with van der Waals surface area (Å²) in [4.78, 5) is 4.59. The zero-order chi connectivity index (χ0) is 13.9. The molecule has 0 radical (unpaired) electrons. The average molecular weight is 306 g/mol. The molecular weight excluding hydrogens is 294 g/mol. The van der Waals surface area contributed by atoms with E-state index in [2.05, 4.69) is 15.3 Å². The quantitative estimate of drug-likeness (QED) is 0.804. The van der Waals surface area contributed by atoms with E-state index in [0.29, 0.717) is 18.1 Å². The molecule has 0 unspecified atom stereocenters. The summed E-state index contributed by atoms with van der Waals surface area (Å²) < 4.78 is 1.73. The van der Waals surface area contributed by atoms with E-state index in [1.165, 1.54) is 0 Å². The van der Waals surface area contributed by atoms with Crippen LogP contribution in [0.2, 0.25) is 5.02 Å². The maximum absolute atomic E-state index is 6.18. The van der Waals surface area contributed by atoms with Crippen LogP contribution in [-0.2, 0) is 13.1 Å². The molecule has 0 amide bonds. The summed E-state index contributed by atoms with van der Waals surface area (Å²) in [7, 11) is 0. The van der Waals surface area contributed by atoms with Gasteiger partial charge in [0.2, 0.25) is 0 Å². The molecule has 2 N–H and O–H groups in total. The number of nitrogens with two attached hydrogens (primary N) is 1. The molecule has 0 spiro atoms. The normalized spacial score (nSPS) is 10.9. The van der Waals surface area contributed by atoms with Crippen LogP contribution in [0, 0.1) is 0 Å². The number of benzene rings is 1. The Kier molecular flexibility index (Phi) is 3.77. The fraction of sp³-hybridized carbons (Fsp3) is 0.154. The van der Waals surface area contributed by atoms with Crippen molar-refractivity contribution in [3.8, 4) is 10.6 Å². The third-order valence-corrected chi connectivity index (χ3v) is 4.03. The zero-order valence-corrected chi connectivity index (χ0v) is 12.1. The van der Waals surface area contributed by atoms with Gasteiger partial charge in [-0.3, -0.25) is 0 Å². The number of halogens is 1. The number of thiazole rings is 1. The molecule has 3 rings (SSSR count). The standard InChI is InChI=1S/C13H12ClN5S/c14-12-4-2-1-3-11(12)13-16-10(8-20-13)7-19-6-9(5-15)17-18-19/h1-4,6,8H,5,7,15H2. The first kappa shape index (κ1) is 13.2. The molecule has 2 aromatic heterocycles. The minimum absolute atomic E-state index is 0.391. The second-order valence-electron chi connectivity index (χ2n) is 4.24. The van der Waals surface area contributed by atoms with Crippen LogP contribution in [0.1, 0.15) is 11.4 Å². The van der Waals surface area contributed by atoms with Gasteiger partial charge < -0.3 is 5.73 Å². The van der Waals surface area contributed by atoms with Crippen LogP contribution in [0.25, 0.3) is 10.6 Å². The van der Waals surface area contributed by atoms with E-state index in [4.69, 9.17) is 17.3 Å². The smallest absolute Gasteiger partial charge is 0.125 e. The molecular formula is C13H12ClN5S. The molecule has 20 heavy (non-hydrogen) atoms. The molecule has 0 bridgehead atoms. The maximum Gasteiger partial charge on any atom is 0.125 e. The molecule has 3 aromatic rings. The molecule has 0 saturated carbocycles. The molecule has 0 aliphatic rings. The van der Waals surface area contributed by atoms with Gasteiger partial charge in [-0.2, -0.15) is 0 Å². The number of aromatic nitrogens is 4. The van der Waals surface area contributed by atoms with Crippen LogP contribution >= 0.6 is 22.9 Å². The Morgan fingerprint density at radius 3 is 2.85 bits per heavy atom. The lowest BCUT2D eigenvalue weighted by Gasteiger charge is -1.99. The fourth-order valence-corrected chi connectivity index (χ4v) is 2.94. The highest BCUT2D eigenvalue weighted by atomic mass is 35.5. The summed E-state index contributed by atoms with van der Waals surface area (Å²) in [6.45, 7) is 0.968. The van der Waals surface area contributed by atoms with E-state index in [0.717, 1.165) is 22.0 Å². The Labute approximate surface area is 125 Å². The number of hydrogen-bond donors (Lipinski definition) is 1. The summed E-state index contributed by atoms with van der Waals surface area (Å²) >= 11 is 7.74. The van der Waals surface area contributed by atoms with Crippen molar-refractivity contribution in [2.45, 2.75) is 13.1 Å². The van der Waals surface area contributed by atoms with Crippen LogP contribution < -0.4 is 5.73 Å². The number of rotatable bonds is 4. The van der Waals surface area contributed by atoms with Crippen molar-refractivity contribution in [1.29, 1.82) is 0 Å². The molecule has 0 aliphatic heterocycles. The van der Waals surface area contributed by atoms with Crippen LogP contribution in [0.3, 0.4) is 0 Å². The van der Waals surface area contributed by atoms with Gasteiger partial charge >= 0.3 is 0 Å². The van der Waals surface area contributed by atoms with Gasteiger partial charge in [0, 0.05) is 17.5 Å². The third-order valence-electron chi connectivity index (χ3n) is 2.78. The lowest BCUT2D eigenvalue weighted by molar-refractivity contribution is 0.641. The van der Waals surface area contributed by atoms with E-state index >= 15 is 0 Å². The summed E-state index contributed by atoms with van der Waals surface area (Å²) in [5.74, 6) is 0. The predicted molar refractivity (Wildman–Crippen MR) is 79.6 cm³/mol. The van der Waals surface area contributed by atoms with E-state index in [1.807, 2.05) is 35.8 Å². The average Bonchev–Trinajstić information content (AvgIpc) is 3.09. The Balaban J connectivity index is 1.82. The van der Waals surface area contributed by atoms with Gasteiger partial charge in [0.05, 0.1) is 29.2 Å². The topological polar surface area (TPSA) is 69.6 Å². The van der Waals surface area contributed by atoms with Crippen molar-refractivity contribution >= 4 is 22.9 Å². The molecule has 0 atom stereocenters. The van der Waals surface area contributed by atoms with Crippen LogP contribution in [-0.4, -0.2) is 20.0 Å². The Bertz CT molecular complexity index is 721. The first-order valence-electron chi connectivity index (χ1n) is 6.04. The summed E-state index contributed by atoms with van der Waals surface area (Å²) in [6, 6.07) is 7.69. The minimum atomic E-state index is 0.391. The van der Waals surface area contributed by atoms with Crippen molar-refractivity contribution in [2.75, 3.05) is 0 Å². The van der Waals surface area contributed by atoms with Gasteiger partial charge in [-0.25, -0.2) is 9.67 Å². The van der Waals surface area contributed by atoms with Gasteiger partial charge in [0.15, 0.2) is 0 Å². The van der Waals surface area contributed by atoms with Crippen molar-refractivity contribution in [3.05, 3.63) is 52.3 Å². The lowest BCUT2D eigenvalue weighted by atomic mass is 10.2. The van der Waals surface area contributed by atoms with Gasteiger partial charge in [-0.1, -0.05) is 35.0 Å². The highest BCUT2D eigenvalue weighted by molar-refractivity contribution is 7.13. The molecule has 7 heteroatoms. The molecule has 102 valence electrons. The molecule has 0 aliphatic carbocycles. The van der Waals surface area contributed by atoms with Gasteiger partial charge in [0.1, 0.15) is 5.01 Å². The largest absolute Gasteiger partial charge is 0.325 e. The maximum atomic E-state index is 6.18. The number of nitrogens with zero attached hydrogens (tertiary/aromatic N) is 4. The van der Waals surface area contributed by atoms with E-state index in [1.54, 1.807) is 16.0 Å². The third kappa shape index (κ3) is 2.72. The first-order chi connectivity index (χ1) is 9.76. The van der Waals surface area contributed by atoms with Crippen LogP contribution in [0.4, 0.5) is 0 Å². The predicted octanol–water partition coefficient (Wildman–Crippen LogP) is 2.56. The second kappa shape index (κ2) is 5.70. The van der Waals surface area contributed by atoms with E-state index in [-0.39, 0.29) is 0 Å². The summed E-state index contributed by atoms with van der Waals surface area (Å²) in [5.41, 5.74) is 8.16. The molecule has 1 aromatic carbocycles. The molecule has 0 fully saturated rings. The summed E-state index contributed by atoms with van der Waals surface area (Å²) in [6.07, 6.45) is 1.83. The molecule has 5 nitrogen and oxygen atoms in total. The minimum Gasteiger partial charge on any atom is -0.325 e. The van der Waals surface area contributed by atoms with Gasteiger partial charge in [-0.15, -0.1) is 16.4 Å². The zero-order valence-electron chi connectivity index (χ0n) is 10.5. The van der Waals surface area contributed by atoms with Gasteiger partial charge in [-0.05, 0) is 6.07 Å². The Hall–Kier alpha value is -1.76. The Morgan fingerprint density at radius 1 is 1.25 bits per heavy atom. The fourth-order valence-electron chi connectivity index (χ4n) is 1.81. The van der Waals surface area contributed by atoms with Gasteiger partial charge in [0.25, 0.3) is 0 Å². The molecule has 0 saturated heterocycles. The molecule has 2 heterocycles. The van der Waals surface area contributed by atoms with E-state index < -0.39 is 0 Å². The Morgan fingerprint density at radius 2 is 2.10 bits per heavy atom. The highest BCUT2D eigenvalue weighted by Crippen LogP contribution is 2.30. The highest BCUT2D eigenvalue weighted by Gasteiger charge is 2.09. The van der Waals surface area contributed by atoms with Crippen molar-refractivity contribution in [2.24, 2.45) is 5.73 Å². The number of hydrogen-bond acceptors (Lipinski definition) is 5. The van der Waals surface area contributed by atoms with Crippen molar-refractivity contribution in [1.82, 2.24) is 20.0 Å². The first-order valence-corrected chi connectivity index (χ1v) is 7.30.